The van der Waals surface area contributed by atoms with Gasteiger partial charge in [-0.05, 0) is 24.0 Å². The number of nitrogens with zero attached hydrogens (tertiary/aromatic N) is 4. The third kappa shape index (κ3) is 7.91. The number of hydrogen-bond acceptors (Lipinski definition) is 6. The number of H-pyrrole nitrogens is 1. The van der Waals surface area contributed by atoms with Gasteiger partial charge in [0.2, 0.25) is 5.91 Å². The van der Waals surface area contributed by atoms with Crippen LogP contribution in [0.4, 0.5) is 13.2 Å². The number of morpholine rings is 1. The van der Waals surface area contributed by atoms with Crippen LogP contribution in [0.25, 0.3) is 5.32 Å². The van der Waals surface area contributed by atoms with Crippen molar-refractivity contribution >= 4 is 11.9 Å². The van der Waals surface area contributed by atoms with E-state index in [0.29, 0.717) is 69.3 Å². The number of aromatic carboxylic acids is 1. The zero-order valence-corrected chi connectivity index (χ0v) is 20.1. The molecule has 1 saturated carbocycles. The predicted octanol–water partition coefficient (Wildman–Crippen LogP) is 2.60. The first-order valence-corrected chi connectivity index (χ1v) is 12.0. The van der Waals surface area contributed by atoms with Crippen molar-refractivity contribution < 1.29 is 37.3 Å². The molecule has 1 aromatic carbocycles. The Kier molecular flexibility index (Phi) is 8.67. The van der Waals surface area contributed by atoms with Crippen LogP contribution in [-0.4, -0.2) is 95.6 Å². The largest absolute Gasteiger partial charge is 0.658 e. The Morgan fingerprint density at radius 2 is 1.95 bits per heavy atom. The van der Waals surface area contributed by atoms with Gasteiger partial charge in [0.1, 0.15) is 11.4 Å². The highest BCUT2D eigenvalue weighted by Gasteiger charge is 2.53. The first-order chi connectivity index (χ1) is 17.7. The van der Waals surface area contributed by atoms with Gasteiger partial charge in [-0.2, -0.15) is 0 Å². The molecule has 1 amide bonds. The zero-order chi connectivity index (χ0) is 26.4. The van der Waals surface area contributed by atoms with Crippen LogP contribution in [0, 0.1) is 17.8 Å². The van der Waals surface area contributed by atoms with Gasteiger partial charge >= 0.3 is 12.3 Å². The number of halogens is 3. The number of aromatic amines is 1. The van der Waals surface area contributed by atoms with Gasteiger partial charge in [0.05, 0.1) is 32.3 Å². The molecule has 2 atom stereocenters. The van der Waals surface area contributed by atoms with Crippen molar-refractivity contribution in [3.8, 4) is 5.75 Å². The molecule has 37 heavy (non-hydrogen) atoms. The van der Waals surface area contributed by atoms with E-state index >= 15 is 0 Å². The average Bonchev–Trinajstić information content (AvgIpc) is 3.25. The van der Waals surface area contributed by atoms with E-state index in [-0.39, 0.29) is 17.4 Å². The van der Waals surface area contributed by atoms with E-state index in [9.17, 15) is 22.8 Å². The third-order valence-corrected chi connectivity index (χ3v) is 6.66. The number of hydrogen-bond donors (Lipinski definition) is 2. The van der Waals surface area contributed by atoms with Gasteiger partial charge in [0, 0.05) is 26.2 Å². The highest BCUT2D eigenvalue weighted by molar-refractivity contribution is 5.84. The molecule has 1 aromatic heterocycles. The van der Waals surface area contributed by atoms with Gasteiger partial charge in [0.25, 0.3) is 0 Å². The van der Waals surface area contributed by atoms with Crippen LogP contribution in [0.15, 0.2) is 36.8 Å². The van der Waals surface area contributed by atoms with E-state index < -0.39 is 12.3 Å². The van der Waals surface area contributed by atoms with Gasteiger partial charge in [-0.3, -0.25) is 9.69 Å². The SMILES string of the molecule is O=C(CN1CC2C(C[N-]Cc3cccc(OC(F)(F)F)c3)C2C1)N1CCOCC1.O=C(O)c1cnc[nH]1. The first kappa shape index (κ1) is 26.9. The van der Waals surface area contributed by atoms with Crippen molar-refractivity contribution in [2.45, 2.75) is 12.9 Å². The molecule has 2 saturated heterocycles. The van der Waals surface area contributed by atoms with Crippen LogP contribution in [-0.2, 0) is 16.1 Å². The van der Waals surface area contributed by atoms with Crippen LogP contribution < -0.4 is 4.74 Å². The number of aromatic nitrogens is 2. The molecule has 2 aromatic rings. The van der Waals surface area contributed by atoms with E-state index in [1.807, 2.05) is 4.90 Å². The Morgan fingerprint density at radius 1 is 1.22 bits per heavy atom. The molecule has 0 radical (unpaired) electrons. The van der Waals surface area contributed by atoms with E-state index in [2.05, 4.69) is 24.9 Å². The number of likely N-dealkylation sites (tertiary alicyclic amines) is 1. The Morgan fingerprint density at radius 3 is 2.54 bits per heavy atom. The number of benzene rings is 1. The Bertz CT molecular complexity index is 1030. The summed E-state index contributed by atoms with van der Waals surface area (Å²) < 4.78 is 46.2. The molecule has 3 aliphatic rings. The van der Waals surface area contributed by atoms with Crippen LogP contribution in [0.1, 0.15) is 16.1 Å². The summed E-state index contributed by atoms with van der Waals surface area (Å²) in [4.78, 5) is 32.3. The lowest BCUT2D eigenvalue weighted by Crippen LogP contribution is -2.45. The van der Waals surface area contributed by atoms with Gasteiger partial charge in [-0.1, -0.05) is 23.6 Å². The smallest absolute Gasteiger partial charge is 0.573 e. The second kappa shape index (κ2) is 11.9. The summed E-state index contributed by atoms with van der Waals surface area (Å²) >= 11 is 0. The highest BCUT2D eigenvalue weighted by Crippen LogP contribution is 2.52. The summed E-state index contributed by atoms with van der Waals surface area (Å²) in [6.07, 6.45) is -2.11. The molecule has 0 bridgehead atoms. The van der Waals surface area contributed by atoms with Crippen molar-refractivity contribution in [1.82, 2.24) is 19.8 Å². The van der Waals surface area contributed by atoms with Crippen molar-refractivity contribution in [3.05, 3.63) is 53.4 Å². The molecule has 0 spiro atoms. The van der Waals surface area contributed by atoms with Crippen molar-refractivity contribution in [1.29, 1.82) is 0 Å². The normalized spacial score (nSPS) is 23.1. The van der Waals surface area contributed by atoms with Gasteiger partial charge < -0.3 is 29.8 Å². The summed E-state index contributed by atoms with van der Waals surface area (Å²) in [7, 11) is 0. The molecule has 1 aliphatic carbocycles. The molecular formula is C24H29F3N5O5-. The molecule has 2 N–H and O–H groups in total. The fourth-order valence-corrected chi connectivity index (χ4v) is 4.80. The number of nitrogens with one attached hydrogen (secondary N) is 1. The van der Waals surface area contributed by atoms with Crippen molar-refractivity contribution in [3.63, 3.8) is 0 Å². The lowest BCUT2D eigenvalue weighted by atomic mass is 10.2. The fourth-order valence-electron chi connectivity index (χ4n) is 4.80. The summed E-state index contributed by atoms with van der Waals surface area (Å²) in [5.74, 6) is 0.667. The van der Waals surface area contributed by atoms with E-state index in [0.717, 1.165) is 13.1 Å². The molecule has 2 unspecified atom stereocenters. The monoisotopic (exact) mass is 524 g/mol. The molecule has 2 aliphatic heterocycles. The number of rotatable bonds is 8. The van der Waals surface area contributed by atoms with Crippen LogP contribution in [0.5, 0.6) is 5.75 Å². The number of ether oxygens (including phenoxy) is 2. The molecule has 3 fully saturated rings. The molecule has 3 heterocycles. The first-order valence-electron chi connectivity index (χ1n) is 12.0. The quantitative estimate of drug-likeness (QED) is 0.544. The number of amides is 1. The summed E-state index contributed by atoms with van der Waals surface area (Å²) in [6, 6.07) is 5.96. The number of piperidine rings is 1. The van der Waals surface area contributed by atoms with Crippen molar-refractivity contribution in [2.24, 2.45) is 17.8 Å². The Labute approximate surface area is 211 Å². The van der Waals surface area contributed by atoms with Gasteiger partial charge in [-0.15, -0.1) is 26.3 Å². The maximum atomic E-state index is 12.3. The van der Waals surface area contributed by atoms with Crippen LogP contribution in [0.2, 0.25) is 0 Å². The number of fused-ring (bicyclic) bond motifs is 1. The molecule has 10 nitrogen and oxygen atoms in total. The zero-order valence-electron chi connectivity index (χ0n) is 20.1. The standard InChI is InChI=1S/C20H25F3N3O3.C4H4N2O2/c21-20(22,23)29-15-3-1-2-14(8-15)9-24-10-16-17-11-25(12-18(16)17)13-19(27)26-4-6-28-7-5-26;7-4(8)3-1-5-2-6-3/h1-3,8,16-18H,4-7,9-13H2;1-2H,(H,5,6)(H,7,8)/q-1;. The maximum absolute atomic E-state index is 12.3. The number of carbonyl (C=O) groups is 2. The third-order valence-electron chi connectivity index (χ3n) is 6.66. The number of carbonyl (C=O) groups excluding carboxylic acids is 1. The van der Waals surface area contributed by atoms with Gasteiger partial charge in [-0.25, -0.2) is 9.78 Å². The Hall–Kier alpha value is -3.16. The number of alkyl halides is 3. The van der Waals surface area contributed by atoms with Crippen molar-refractivity contribution in [2.75, 3.05) is 52.5 Å². The number of carboxylic acid groups (broad SMARTS) is 1. The maximum Gasteiger partial charge on any atom is 0.573 e. The topological polar surface area (TPSA) is 122 Å². The second-order valence-electron chi connectivity index (χ2n) is 9.21. The molecule has 202 valence electrons. The Balaban J connectivity index is 0.000000342. The van der Waals surface area contributed by atoms with E-state index in [4.69, 9.17) is 9.84 Å². The summed E-state index contributed by atoms with van der Waals surface area (Å²) in [6.45, 7) is 6.01. The predicted molar refractivity (Wildman–Crippen MR) is 125 cm³/mol. The minimum atomic E-state index is -4.68. The van der Waals surface area contributed by atoms with Gasteiger partial charge in [0.15, 0.2) is 0 Å². The minimum Gasteiger partial charge on any atom is -0.658 e. The lowest BCUT2D eigenvalue weighted by Gasteiger charge is -2.29. The number of carboxylic acids is 1. The molecular weight excluding hydrogens is 495 g/mol. The average molecular weight is 525 g/mol. The fraction of sp³-hybridized carbons (Fsp3) is 0.542. The summed E-state index contributed by atoms with van der Waals surface area (Å²) in [5.41, 5.74) is 0.820. The van der Waals surface area contributed by atoms with Crippen LogP contribution >= 0.6 is 0 Å². The summed E-state index contributed by atoms with van der Waals surface area (Å²) in [5, 5.41) is 12.7. The van der Waals surface area contributed by atoms with Crippen LogP contribution in [0.3, 0.4) is 0 Å². The lowest BCUT2D eigenvalue weighted by molar-refractivity contribution is -0.274. The number of imidazole rings is 1. The second-order valence-corrected chi connectivity index (χ2v) is 9.21. The molecule has 13 heteroatoms. The molecule has 5 rings (SSSR count). The minimum absolute atomic E-state index is 0.116. The van der Waals surface area contributed by atoms with E-state index in [1.54, 1.807) is 12.1 Å². The van der Waals surface area contributed by atoms with E-state index in [1.165, 1.54) is 24.7 Å². The highest BCUT2D eigenvalue weighted by atomic mass is 19.4.